The second-order valence-electron chi connectivity index (χ2n) is 5.38. The van der Waals surface area contributed by atoms with Gasteiger partial charge in [-0.2, -0.15) is 0 Å². The van der Waals surface area contributed by atoms with Crippen LogP contribution in [0.4, 0.5) is 4.39 Å². The molecule has 1 saturated heterocycles. The van der Waals surface area contributed by atoms with Crippen LogP contribution in [-0.4, -0.2) is 44.3 Å². The van der Waals surface area contributed by atoms with E-state index in [-0.39, 0.29) is 18.2 Å². The second-order valence-corrected chi connectivity index (χ2v) is 5.38. The van der Waals surface area contributed by atoms with E-state index in [2.05, 4.69) is 10.2 Å². The lowest BCUT2D eigenvalue weighted by Gasteiger charge is -2.26. The van der Waals surface area contributed by atoms with Gasteiger partial charge in [-0.1, -0.05) is 12.1 Å². The van der Waals surface area contributed by atoms with Crippen molar-refractivity contribution in [2.45, 2.75) is 6.54 Å². The fraction of sp³-hybridized carbons (Fsp3) is 0.412. The molecule has 3 rings (SSSR count). The van der Waals surface area contributed by atoms with Gasteiger partial charge in [0.1, 0.15) is 17.3 Å². The molecular formula is C17H22ClFN2O2. The first kappa shape index (κ1) is 17.9. The molecule has 0 atom stereocenters. The van der Waals surface area contributed by atoms with Gasteiger partial charge in [0.25, 0.3) is 0 Å². The molecule has 23 heavy (non-hydrogen) atoms. The van der Waals surface area contributed by atoms with Crippen LogP contribution >= 0.6 is 12.4 Å². The summed E-state index contributed by atoms with van der Waals surface area (Å²) in [5, 5.41) is 3.36. The second kappa shape index (κ2) is 9.03. The Bertz CT molecular complexity index is 600. The first-order chi connectivity index (χ1) is 10.8. The molecule has 0 unspecified atom stereocenters. The number of hydrogen-bond acceptors (Lipinski definition) is 4. The van der Waals surface area contributed by atoms with E-state index < -0.39 is 0 Å². The molecule has 2 aromatic rings. The molecule has 2 heterocycles. The minimum atomic E-state index is -0.260. The van der Waals surface area contributed by atoms with Gasteiger partial charge in [-0.3, -0.25) is 4.90 Å². The Morgan fingerprint density at radius 2 is 1.87 bits per heavy atom. The first-order valence-corrected chi connectivity index (χ1v) is 7.67. The van der Waals surface area contributed by atoms with Crippen LogP contribution in [0, 0.1) is 5.82 Å². The lowest BCUT2D eigenvalue weighted by Crippen LogP contribution is -2.40. The molecule has 126 valence electrons. The SMILES string of the molecule is Cl.Fc1ccccc1-c1ccc(CNCCN2CCOCC2)o1. The quantitative estimate of drug-likeness (QED) is 0.820. The third-order valence-electron chi connectivity index (χ3n) is 3.81. The van der Waals surface area contributed by atoms with Gasteiger partial charge < -0.3 is 14.5 Å². The standard InChI is InChI=1S/C17H21FN2O2.ClH/c18-16-4-2-1-3-15(16)17-6-5-14(22-17)13-19-7-8-20-9-11-21-12-10-20;/h1-6,19H,7-13H2;1H. The van der Waals surface area contributed by atoms with Crippen LogP contribution in [0.15, 0.2) is 40.8 Å². The fourth-order valence-electron chi connectivity index (χ4n) is 2.55. The summed E-state index contributed by atoms with van der Waals surface area (Å²) in [6.07, 6.45) is 0. The molecular weight excluding hydrogens is 319 g/mol. The molecule has 1 fully saturated rings. The number of morpholine rings is 1. The van der Waals surface area contributed by atoms with E-state index in [1.54, 1.807) is 18.2 Å². The molecule has 0 radical (unpaired) electrons. The molecule has 0 spiro atoms. The molecule has 4 nitrogen and oxygen atoms in total. The molecule has 6 heteroatoms. The maximum absolute atomic E-state index is 13.7. The number of nitrogens with one attached hydrogen (secondary N) is 1. The summed E-state index contributed by atoms with van der Waals surface area (Å²) in [6, 6.07) is 10.4. The average Bonchev–Trinajstić information content (AvgIpc) is 3.02. The van der Waals surface area contributed by atoms with Crippen LogP contribution in [-0.2, 0) is 11.3 Å². The molecule has 0 saturated carbocycles. The molecule has 1 aromatic carbocycles. The van der Waals surface area contributed by atoms with Crippen LogP contribution in [0.25, 0.3) is 11.3 Å². The maximum atomic E-state index is 13.7. The van der Waals surface area contributed by atoms with Crippen molar-refractivity contribution in [2.75, 3.05) is 39.4 Å². The van der Waals surface area contributed by atoms with Gasteiger partial charge in [0.2, 0.25) is 0 Å². The van der Waals surface area contributed by atoms with Gasteiger partial charge in [0, 0.05) is 26.2 Å². The van der Waals surface area contributed by atoms with Gasteiger partial charge in [-0.15, -0.1) is 12.4 Å². The summed E-state index contributed by atoms with van der Waals surface area (Å²) >= 11 is 0. The average molecular weight is 341 g/mol. The van der Waals surface area contributed by atoms with E-state index in [0.717, 1.165) is 45.2 Å². The summed E-state index contributed by atoms with van der Waals surface area (Å²) in [5.74, 6) is 1.13. The predicted molar refractivity (Wildman–Crippen MR) is 90.3 cm³/mol. The number of hydrogen-bond donors (Lipinski definition) is 1. The minimum Gasteiger partial charge on any atom is -0.460 e. The highest BCUT2D eigenvalue weighted by molar-refractivity contribution is 5.85. The number of nitrogens with zero attached hydrogens (tertiary/aromatic N) is 1. The van der Waals surface area contributed by atoms with E-state index in [4.69, 9.17) is 9.15 Å². The highest BCUT2D eigenvalue weighted by atomic mass is 35.5. The minimum absolute atomic E-state index is 0. The van der Waals surface area contributed by atoms with E-state index in [9.17, 15) is 4.39 Å². The largest absolute Gasteiger partial charge is 0.460 e. The van der Waals surface area contributed by atoms with Crippen molar-refractivity contribution in [1.82, 2.24) is 10.2 Å². The van der Waals surface area contributed by atoms with E-state index in [0.29, 0.717) is 17.9 Å². The monoisotopic (exact) mass is 340 g/mol. The van der Waals surface area contributed by atoms with Crippen molar-refractivity contribution < 1.29 is 13.5 Å². The van der Waals surface area contributed by atoms with Crippen molar-refractivity contribution >= 4 is 12.4 Å². The number of benzene rings is 1. The molecule has 1 aromatic heterocycles. The van der Waals surface area contributed by atoms with E-state index >= 15 is 0 Å². The first-order valence-electron chi connectivity index (χ1n) is 7.67. The molecule has 0 aliphatic carbocycles. The summed E-state index contributed by atoms with van der Waals surface area (Å²) in [5.41, 5.74) is 0.502. The summed E-state index contributed by atoms with van der Waals surface area (Å²) in [7, 11) is 0. The van der Waals surface area contributed by atoms with E-state index in [1.807, 2.05) is 12.1 Å². The van der Waals surface area contributed by atoms with Crippen molar-refractivity contribution in [3.05, 3.63) is 48.0 Å². The van der Waals surface area contributed by atoms with Crippen molar-refractivity contribution in [1.29, 1.82) is 0 Å². The Morgan fingerprint density at radius 1 is 1.09 bits per heavy atom. The van der Waals surface area contributed by atoms with Crippen LogP contribution in [0.3, 0.4) is 0 Å². The van der Waals surface area contributed by atoms with Crippen LogP contribution < -0.4 is 5.32 Å². The van der Waals surface area contributed by atoms with Gasteiger partial charge in [-0.05, 0) is 24.3 Å². The van der Waals surface area contributed by atoms with Gasteiger partial charge in [0.15, 0.2) is 0 Å². The predicted octanol–water partition coefficient (Wildman–Crippen LogP) is 2.93. The smallest absolute Gasteiger partial charge is 0.137 e. The molecule has 1 aliphatic heterocycles. The third-order valence-corrected chi connectivity index (χ3v) is 3.81. The molecule has 1 aliphatic rings. The van der Waals surface area contributed by atoms with Crippen LogP contribution in [0.5, 0.6) is 0 Å². The zero-order chi connectivity index (χ0) is 15.2. The third kappa shape index (κ3) is 5.04. The fourth-order valence-corrected chi connectivity index (χ4v) is 2.55. The van der Waals surface area contributed by atoms with Crippen LogP contribution in [0.1, 0.15) is 5.76 Å². The zero-order valence-electron chi connectivity index (χ0n) is 13.0. The Balaban J connectivity index is 0.00000192. The topological polar surface area (TPSA) is 37.6 Å². The van der Waals surface area contributed by atoms with Crippen molar-refractivity contribution in [3.8, 4) is 11.3 Å². The zero-order valence-corrected chi connectivity index (χ0v) is 13.8. The maximum Gasteiger partial charge on any atom is 0.137 e. The lowest BCUT2D eigenvalue weighted by atomic mass is 10.1. The Morgan fingerprint density at radius 3 is 2.65 bits per heavy atom. The highest BCUT2D eigenvalue weighted by Gasteiger charge is 2.10. The van der Waals surface area contributed by atoms with Crippen molar-refractivity contribution in [3.63, 3.8) is 0 Å². The van der Waals surface area contributed by atoms with Gasteiger partial charge >= 0.3 is 0 Å². The number of furan rings is 1. The number of rotatable bonds is 6. The Kier molecular flexibility index (Phi) is 7.05. The number of ether oxygens (including phenoxy) is 1. The Hall–Kier alpha value is -1.40. The summed E-state index contributed by atoms with van der Waals surface area (Å²) in [6.45, 7) is 6.20. The molecule has 0 amide bonds. The molecule has 0 bridgehead atoms. The highest BCUT2D eigenvalue weighted by Crippen LogP contribution is 2.24. The number of halogens is 2. The van der Waals surface area contributed by atoms with Gasteiger partial charge in [0.05, 0.1) is 25.3 Å². The Labute approximate surface area is 142 Å². The summed E-state index contributed by atoms with van der Waals surface area (Å²) < 4.78 is 24.7. The summed E-state index contributed by atoms with van der Waals surface area (Å²) in [4.78, 5) is 2.38. The van der Waals surface area contributed by atoms with E-state index in [1.165, 1.54) is 6.07 Å². The van der Waals surface area contributed by atoms with Crippen LogP contribution in [0.2, 0.25) is 0 Å². The van der Waals surface area contributed by atoms with Crippen molar-refractivity contribution in [2.24, 2.45) is 0 Å². The van der Waals surface area contributed by atoms with Gasteiger partial charge in [-0.25, -0.2) is 4.39 Å². The normalized spacial score (nSPS) is 15.3. The molecule has 1 N–H and O–H groups in total. The lowest BCUT2D eigenvalue weighted by molar-refractivity contribution is 0.0383.